The van der Waals surface area contributed by atoms with E-state index in [0.717, 1.165) is 51.3 Å². The van der Waals surface area contributed by atoms with Crippen molar-refractivity contribution in [2.24, 2.45) is 5.92 Å². The Kier molecular flexibility index (Phi) is 7.00. The van der Waals surface area contributed by atoms with Crippen LogP contribution in [0.25, 0.3) is 0 Å². The van der Waals surface area contributed by atoms with Gasteiger partial charge < -0.3 is 14.9 Å². The molecule has 1 amide bonds. The van der Waals surface area contributed by atoms with E-state index in [0.29, 0.717) is 37.3 Å². The van der Waals surface area contributed by atoms with Gasteiger partial charge in [0.25, 0.3) is 0 Å². The van der Waals surface area contributed by atoms with Crippen molar-refractivity contribution in [3.8, 4) is 0 Å². The molecule has 1 aromatic carbocycles. The van der Waals surface area contributed by atoms with Crippen molar-refractivity contribution < 1.29 is 23.1 Å². The Bertz CT molecular complexity index is 797. The zero-order valence-electron chi connectivity index (χ0n) is 18.7. The maximum absolute atomic E-state index is 13.4. The molecule has 1 unspecified atom stereocenters. The lowest BCUT2D eigenvalue weighted by atomic mass is 10.0. The normalized spacial score (nSPS) is 27.2. The van der Waals surface area contributed by atoms with Crippen LogP contribution < -0.4 is 4.90 Å². The van der Waals surface area contributed by atoms with Crippen LogP contribution in [0.4, 0.5) is 18.9 Å². The molecule has 8 heteroatoms. The summed E-state index contributed by atoms with van der Waals surface area (Å²) >= 11 is 0. The van der Waals surface area contributed by atoms with E-state index >= 15 is 0 Å². The van der Waals surface area contributed by atoms with Crippen LogP contribution in [0.15, 0.2) is 24.3 Å². The molecule has 3 heterocycles. The number of hydrogen-bond acceptors (Lipinski definition) is 4. The lowest BCUT2D eigenvalue weighted by Crippen LogP contribution is -2.45. The third-order valence-corrected chi connectivity index (χ3v) is 7.53. The minimum absolute atomic E-state index is 0.156. The van der Waals surface area contributed by atoms with Crippen LogP contribution in [0, 0.1) is 5.92 Å². The van der Waals surface area contributed by atoms with E-state index in [-0.39, 0.29) is 24.5 Å². The summed E-state index contributed by atoms with van der Waals surface area (Å²) in [6, 6.07) is 6.36. The number of aliphatic hydroxyl groups excluding tert-OH is 1. The van der Waals surface area contributed by atoms with Crippen LogP contribution in [0.3, 0.4) is 0 Å². The summed E-state index contributed by atoms with van der Waals surface area (Å²) in [5.41, 5.74) is -0.115. The number of anilines is 1. The highest BCUT2D eigenvalue weighted by Gasteiger charge is 2.47. The van der Waals surface area contributed by atoms with Gasteiger partial charge in [0, 0.05) is 56.6 Å². The van der Waals surface area contributed by atoms with Gasteiger partial charge in [0.2, 0.25) is 5.91 Å². The Hall–Kier alpha value is -1.80. The molecule has 3 fully saturated rings. The van der Waals surface area contributed by atoms with Crippen molar-refractivity contribution in [2.45, 2.75) is 69.8 Å². The predicted molar refractivity (Wildman–Crippen MR) is 117 cm³/mol. The monoisotopic (exact) mass is 453 g/mol. The second kappa shape index (κ2) is 9.59. The second-order valence-corrected chi connectivity index (χ2v) is 9.42. The number of benzene rings is 1. The van der Waals surface area contributed by atoms with Crippen LogP contribution in [-0.4, -0.2) is 71.7 Å². The van der Waals surface area contributed by atoms with Crippen LogP contribution in [0.2, 0.25) is 0 Å². The number of carbonyl (C=O) groups excluding carboxylic acids is 1. The van der Waals surface area contributed by atoms with E-state index in [1.54, 1.807) is 6.07 Å². The molecule has 3 saturated heterocycles. The van der Waals surface area contributed by atoms with Crippen molar-refractivity contribution in [3.63, 3.8) is 0 Å². The van der Waals surface area contributed by atoms with Crippen molar-refractivity contribution in [1.82, 2.24) is 9.80 Å². The molecular formula is C24H34F3N3O2. The molecule has 0 spiro atoms. The summed E-state index contributed by atoms with van der Waals surface area (Å²) in [4.78, 5) is 19.9. The number of aliphatic hydroxyl groups is 1. The number of hydrogen-bond donors (Lipinski definition) is 1. The van der Waals surface area contributed by atoms with Crippen molar-refractivity contribution in [1.29, 1.82) is 0 Å². The van der Waals surface area contributed by atoms with Gasteiger partial charge in [0.15, 0.2) is 0 Å². The Morgan fingerprint density at radius 1 is 1.12 bits per heavy atom. The fraction of sp³-hybridized carbons (Fsp3) is 0.708. The molecule has 1 N–H and O–H groups in total. The Labute approximate surface area is 188 Å². The van der Waals surface area contributed by atoms with Crippen LogP contribution in [0.5, 0.6) is 0 Å². The van der Waals surface area contributed by atoms with Gasteiger partial charge in [-0.05, 0) is 50.3 Å². The molecule has 0 saturated carbocycles. The first-order valence-electron chi connectivity index (χ1n) is 11.9. The number of fused-ring (bicyclic) bond motifs is 1. The highest BCUT2D eigenvalue weighted by molar-refractivity contribution is 5.81. The fourth-order valence-corrected chi connectivity index (χ4v) is 6.01. The van der Waals surface area contributed by atoms with Crippen LogP contribution in [-0.2, 0) is 11.0 Å². The molecule has 1 aromatic rings. The first kappa shape index (κ1) is 23.4. The highest BCUT2D eigenvalue weighted by Crippen LogP contribution is 2.37. The highest BCUT2D eigenvalue weighted by atomic mass is 19.4. The predicted octanol–water partition coefficient (Wildman–Crippen LogP) is 3.76. The summed E-state index contributed by atoms with van der Waals surface area (Å²) < 4.78 is 39.2. The molecule has 0 aliphatic carbocycles. The van der Waals surface area contributed by atoms with E-state index in [2.05, 4.69) is 11.8 Å². The maximum atomic E-state index is 13.4. The average Bonchev–Trinajstić information content (AvgIpc) is 3.49. The zero-order chi connectivity index (χ0) is 22.9. The van der Waals surface area contributed by atoms with Crippen LogP contribution in [0.1, 0.15) is 51.0 Å². The lowest BCUT2D eigenvalue weighted by Gasteiger charge is -2.32. The Morgan fingerprint density at radius 3 is 2.62 bits per heavy atom. The number of halogens is 3. The molecule has 32 heavy (non-hydrogen) atoms. The third kappa shape index (κ3) is 4.62. The van der Waals surface area contributed by atoms with Gasteiger partial charge in [-0.3, -0.25) is 9.69 Å². The van der Waals surface area contributed by atoms with Crippen molar-refractivity contribution >= 4 is 11.6 Å². The van der Waals surface area contributed by atoms with E-state index in [9.17, 15) is 23.1 Å². The molecule has 0 bridgehead atoms. The molecular weight excluding hydrogens is 419 g/mol. The molecule has 0 radical (unpaired) electrons. The molecule has 0 aromatic heterocycles. The second-order valence-electron chi connectivity index (χ2n) is 9.42. The summed E-state index contributed by atoms with van der Waals surface area (Å²) in [6.45, 7) is 5.14. The van der Waals surface area contributed by atoms with E-state index in [1.807, 2.05) is 9.80 Å². The van der Waals surface area contributed by atoms with Crippen molar-refractivity contribution in [2.75, 3.05) is 37.7 Å². The number of amides is 1. The van der Waals surface area contributed by atoms with Gasteiger partial charge in [0.1, 0.15) is 0 Å². The zero-order valence-corrected chi connectivity index (χ0v) is 18.7. The van der Waals surface area contributed by atoms with Gasteiger partial charge >= 0.3 is 6.18 Å². The van der Waals surface area contributed by atoms with Gasteiger partial charge in [0.05, 0.1) is 11.5 Å². The first-order valence-corrected chi connectivity index (χ1v) is 11.9. The number of nitrogens with zero attached hydrogens (tertiary/aromatic N) is 3. The smallest absolute Gasteiger partial charge is 0.396 e. The van der Waals surface area contributed by atoms with Gasteiger partial charge in [-0.2, -0.15) is 13.2 Å². The number of likely N-dealkylation sites (tertiary alicyclic amines) is 2. The quantitative estimate of drug-likeness (QED) is 0.683. The Balaban J connectivity index is 1.39. The molecule has 3 aliphatic heterocycles. The van der Waals surface area contributed by atoms with E-state index < -0.39 is 11.7 Å². The maximum Gasteiger partial charge on any atom is 0.416 e. The SMILES string of the molecule is CCC[C@@H](CCO)N1CC[C@@H]2[C@H]1CCN2C(=O)C1CCN(c2cccc(C(F)(F)F)c2)C1. The minimum atomic E-state index is -4.37. The largest absolute Gasteiger partial charge is 0.416 e. The average molecular weight is 454 g/mol. The molecule has 4 rings (SSSR count). The van der Waals surface area contributed by atoms with E-state index in [1.165, 1.54) is 12.1 Å². The standard InChI is InChI=1S/C24H34F3N3O2/c1-2-4-19(10-14-31)29-12-8-22-21(29)9-13-30(22)23(32)17-7-11-28(16-17)20-6-3-5-18(15-20)24(25,26)27/h3,5-6,15,17,19,21-22,31H,2,4,7-14,16H2,1H3/t17?,19-,21+,22+/m0/s1. The van der Waals surface area contributed by atoms with Gasteiger partial charge in [-0.15, -0.1) is 0 Å². The summed E-state index contributed by atoms with van der Waals surface area (Å²) in [7, 11) is 0. The molecule has 3 aliphatic rings. The number of carbonyl (C=O) groups is 1. The number of alkyl halides is 3. The minimum Gasteiger partial charge on any atom is -0.396 e. The summed E-state index contributed by atoms with van der Waals surface area (Å²) in [5, 5.41) is 9.47. The molecule has 4 atom stereocenters. The van der Waals surface area contributed by atoms with E-state index in [4.69, 9.17) is 0 Å². The van der Waals surface area contributed by atoms with Gasteiger partial charge in [-0.25, -0.2) is 0 Å². The fourth-order valence-electron chi connectivity index (χ4n) is 6.01. The topological polar surface area (TPSA) is 47.0 Å². The first-order chi connectivity index (χ1) is 15.3. The van der Waals surface area contributed by atoms with Crippen LogP contribution >= 0.6 is 0 Å². The Morgan fingerprint density at radius 2 is 1.91 bits per heavy atom. The summed E-state index contributed by atoms with van der Waals surface area (Å²) in [5.74, 6) is -0.00995. The van der Waals surface area contributed by atoms with Gasteiger partial charge in [-0.1, -0.05) is 19.4 Å². The molecule has 178 valence electrons. The van der Waals surface area contributed by atoms with Crippen molar-refractivity contribution in [3.05, 3.63) is 29.8 Å². The summed E-state index contributed by atoms with van der Waals surface area (Å²) in [6.07, 6.45) is 1.16. The number of rotatable bonds is 7. The molecule has 5 nitrogen and oxygen atoms in total. The lowest BCUT2D eigenvalue weighted by molar-refractivity contribution is -0.137. The third-order valence-electron chi connectivity index (χ3n) is 7.53.